The van der Waals surface area contributed by atoms with E-state index in [0.29, 0.717) is 11.6 Å². The van der Waals surface area contributed by atoms with Crippen LogP contribution >= 0.6 is 0 Å². The Hall–Kier alpha value is -2.23. The summed E-state index contributed by atoms with van der Waals surface area (Å²) < 4.78 is 0. The first-order chi connectivity index (χ1) is 9.63. The van der Waals surface area contributed by atoms with Crippen molar-refractivity contribution in [3.05, 3.63) is 52.8 Å². The lowest BCUT2D eigenvalue weighted by atomic mass is 10.1. The smallest absolute Gasteiger partial charge is 0.276 e. The summed E-state index contributed by atoms with van der Waals surface area (Å²) in [6, 6.07) is 9.63. The average Bonchev–Trinajstić information content (AvgIpc) is 3.27. The molecule has 3 rings (SSSR count). The number of hydrogen-bond acceptors (Lipinski definition) is 3. The summed E-state index contributed by atoms with van der Waals surface area (Å²) in [6.07, 6.45) is 2.37. The van der Waals surface area contributed by atoms with Crippen LogP contribution in [0.15, 0.2) is 30.3 Å². The van der Waals surface area contributed by atoms with Gasteiger partial charge in [0.1, 0.15) is 0 Å². The monoisotopic (exact) mass is 267 g/mol. The molecule has 0 aliphatic heterocycles. The fourth-order valence-electron chi connectivity index (χ4n) is 2.12. The zero-order chi connectivity index (χ0) is 14.1. The molecule has 1 N–H and O–H groups in total. The van der Waals surface area contributed by atoms with Gasteiger partial charge in [-0.1, -0.05) is 12.1 Å². The molecule has 4 heteroatoms. The first-order valence-corrected chi connectivity index (χ1v) is 6.86. The molecule has 0 unspecified atom stereocenters. The second-order valence-electron chi connectivity index (χ2n) is 5.39. The summed E-state index contributed by atoms with van der Waals surface area (Å²) in [7, 11) is 0. The molecule has 1 aliphatic rings. The van der Waals surface area contributed by atoms with Crippen molar-refractivity contribution in [1.82, 2.24) is 10.2 Å². The Bertz CT molecular complexity index is 645. The van der Waals surface area contributed by atoms with Gasteiger partial charge in [-0.3, -0.25) is 4.79 Å². The van der Waals surface area contributed by atoms with Gasteiger partial charge in [0, 0.05) is 11.6 Å². The molecule has 0 bridgehead atoms. The van der Waals surface area contributed by atoms with E-state index in [2.05, 4.69) is 15.5 Å². The predicted molar refractivity (Wildman–Crippen MR) is 77.9 cm³/mol. The van der Waals surface area contributed by atoms with Gasteiger partial charge in [0.25, 0.3) is 5.91 Å². The Kier molecular flexibility index (Phi) is 3.22. The largest absolute Gasteiger partial charge is 0.320 e. The van der Waals surface area contributed by atoms with Crippen LogP contribution in [0.1, 0.15) is 46.1 Å². The van der Waals surface area contributed by atoms with Crippen LogP contribution in [0.3, 0.4) is 0 Å². The van der Waals surface area contributed by atoms with Crippen molar-refractivity contribution < 1.29 is 4.79 Å². The molecule has 1 aromatic carbocycles. The third kappa shape index (κ3) is 2.69. The number of rotatable bonds is 3. The van der Waals surface area contributed by atoms with Crippen LogP contribution in [-0.4, -0.2) is 16.1 Å². The van der Waals surface area contributed by atoms with Crippen molar-refractivity contribution in [2.45, 2.75) is 32.6 Å². The SMILES string of the molecule is Cc1ccc(C)c(NC(=O)c2ccc(C3CC3)nn2)c1. The van der Waals surface area contributed by atoms with Gasteiger partial charge in [-0.25, -0.2) is 0 Å². The Morgan fingerprint density at radius 1 is 1.15 bits per heavy atom. The Balaban J connectivity index is 1.76. The highest BCUT2D eigenvalue weighted by atomic mass is 16.1. The summed E-state index contributed by atoms with van der Waals surface area (Å²) in [5.74, 6) is 0.340. The molecule has 0 atom stereocenters. The Labute approximate surface area is 118 Å². The number of aryl methyl sites for hydroxylation is 2. The number of nitrogens with one attached hydrogen (secondary N) is 1. The molecule has 1 fully saturated rings. The van der Waals surface area contributed by atoms with E-state index in [9.17, 15) is 4.79 Å². The summed E-state index contributed by atoms with van der Waals surface area (Å²) >= 11 is 0. The van der Waals surface area contributed by atoms with Gasteiger partial charge in [0.05, 0.1) is 5.69 Å². The highest BCUT2D eigenvalue weighted by Crippen LogP contribution is 2.38. The molecule has 0 spiro atoms. The van der Waals surface area contributed by atoms with Crippen molar-refractivity contribution in [1.29, 1.82) is 0 Å². The fraction of sp³-hybridized carbons (Fsp3) is 0.312. The molecule has 4 nitrogen and oxygen atoms in total. The third-order valence-electron chi connectivity index (χ3n) is 3.55. The summed E-state index contributed by atoms with van der Waals surface area (Å²) in [4.78, 5) is 12.2. The number of nitrogens with zero attached hydrogens (tertiary/aromatic N) is 2. The average molecular weight is 267 g/mol. The zero-order valence-electron chi connectivity index (χ0n) is 11.7. The van der Waals surface area contributed by atoms with E-state index in [1.807, 2.05) is 38.1 Å². The van der Waals surface area contributed by atoms with Crippen molar-refractivity contribution in [3.8, 4) is 0 Å². The van der Waals surface area contributed by atoms with E-state index in [1.165, 1.54) is 12.8 Å². The molecule has 0 saturated heterocycles. The molecule has 2 aromatic rings. The highest BCUT2D eigenvalue weighted by Gasteiger charge is 2.25. The van der Waals surface area contributed by atoms with E-state index in [4.69, 9.17) is 0 Å². The fourth-order valence-corrected chi connectivity index (χ4v) is 2.12. The van der Waals surface area contributed by atoms with Gasteiger partial charge in [0.15, 0.2) is 5.69 Å². The normalized spacial score (nSPS) is 14.1. The van der Waals surface area contributed by atoms with Gasteiger partial charge >= 0.3 is 0 Å². The second-order valence-corrected chi connectivity index (χ2v) is 5.39. The van der Waals surface area contributed by atoms with Crippen LogP contribution < -0.4 is 5.32 Å². The van der Waals surface area contributed by atoms with Crippen LogP contribution in [0, 0.1) is 13.8 Å². The van der Waals surface area contributed by atoms with E-state index in [-0.39, 0.29) is 5.91 Å². The van der Waals surface area contributed by atoms with E-state index in [0.717, 1.165) is 22.5 Å². The molecular weight excluding hydrogens is 250 g/mol. The maximum Gasteiger partial charge on any atom is 0.276 e. The Morgan fingerprint density at radius 2 is 1.95 bits per heavy atom. The van der Waals surface area contributed by atoms with Gasteiger partial charge in [0.2, 0.25) is 0 Å². The van der Waals surface area contributed by atoms with Gasteiger partial charge in [-0.05, 0) is 56.0 Å². The zero-order valence-corrected chi connectivity index (χ0v) is 11.7. The van der Waals surface area contributed by atoms with Gasteiger partial charge < -0.3 is 5.32 Å². The second kappa shape index (κ2) is 5.04. The molecule has 0 radical (unpaired) electrons. The lowest BCUT2D eigenvalue weighted by Crippen LogP contribution is -2.15. The number of carbonyl (C=O) groups excluding carboxylic acids is 1. The van der Waals surface area contributed by atoms with E-state index < -0.39 is 0 Å². The van der Waals surface area contributed by atoms with Crippen molar-refractivity contribution >= 4 is 11.6 Å². The number of aromatic nitrogens is 2. The third-order valence-corrected chi connectivity index (χ3v) is 3.55. The molecule has 1 aromatic heterocycles. The first kappa shape index (κ1) is 12.8. The van der Waals surface area contributed by atoms with E-state index in [1.54, 1.807) is 6.07 Å². The lowest BCUT2D eigenvalue weighted by Gasteiger charge is -2.08. The molecule has 1 saturated carbocycles. The van der Waals surface area contributed by atoms with Crippen LogP contribution in [0.4, 0.5) is 5.69 Å². The molecule has 102 valence electrons. The standard InChI is InChI=1S/C16H17N3O/c1-10-3-4-11(2)15(9-10)17-16(20)14-8-7-13(18-19-14)12-5-6-12/h3-4,7-9,12H,5-6H2,1-2H3,(H,17,20). The molecule has 1 aliphatic carbocycles. The molecule has 1 heterocycles. The maximum atomic E-state index is 12.2. The Morgan fingerprint density at radius 3 is 2.60 bits per heavy atom. The van der Waals surface area contributed by atoms with Crippen LogP contribution in [-0.2, 0) is 0 Å². The number of amides is 1. The topological polar surface area (TPSA) is 54.9 Å². The van der Waals surface area contributed by atoms with E-state index >= 15 is 0 Å². The number of hydrogen-bond donors (Lipinski definition) is 1. The summed E-state index contributed by atoms with van der Waals surface area (Å²) in [6.45, 7) is 3.97. The predicted octanol–water partition coefficient (Wildman–Crippen LogP) is 3.22. The summed E-state index contributed by atoms with van der Waals surface area (Å²) in [5.41, 5.74) is 4.32. The lowest BCUT2D eigenvalue weighted by molar-refractivity contribution is 0.102. The minimum Gasteiger partial charge on any atom is -0.320 e. The molecular formula is C16H17N3O. The maximum absolute atomic E-state index is 12.2. The minimum absolute atomic E-state index is 0.214. The van der Waals surface area contributed by atoms with Crippen molar-refractivity contribution in [2.24, 2.45) is 0 Å². The summed E-state index contributed by atoms with van der Waals surface area (Å²) in [5, 5.41) is 11.0. The van der Waals surface area contributed by atoms with Crippen molar-refractivity contribution in [2.75, 3.05) is 5.32 Å². The minimum atomic E-state index is -0.214. The van der Waals surface area contributed by atoms with Crippen LogP contribution in [0.2, 0.25) is 0 Å². The first-order valence-electron chi connectivity index (χ1n) is 6.86. The number of anilines is 1. The number of benzene rings is 1. The number of carbonyl (C=O) groups is 1. The van der Waals surface area contributed by atoms with Gasteiger partial charge in [-0.15, -0.1) is 5.10 Å². The van der Waals surface area contributed by atoms with Gasteiger partial charge in [-0.2, -0.15) is 5.10 Å². The molecule has 1 amide bonds. The quantitative estimate of drug-likeness (QED) is 0.929. The van der Waals surface area contributed by atoms with Crippen LogP contribution in [0.5, 0.6) is 0 Å². The van der Waals surface area contributed by atoms with Crippen LogP contribution in [0.25, 0.3) is 0 Å². The van der Waals surface area contributed by atoms with Crippen molar-refractivity contribution in [3.63, 3.8) is 0 Å². The molecule has 20 heavy (non-hydrogen) atoms. The highest BCUT2D eigenvalue weighted by molar-refractivity contribution is 6.03.